The molecule has 2 aliphatic heterocycles. The van der Waals surface area contributed by atoms with Gasteiger partial charge in [-0.2, -0.15) is 18.2 Å². The monoisotopic (exact) mass is 654 g/mol. The summed E-state index contributed by atoms with van der Waals surface area (Å²) in [5.41, 5.74) is 2.22. The van der Waals surface area contributed by atoms with Crippen molar-refractivity contribution in [3.63, 3.8) is 0 Å². The number of carbonyl (C=O) groups excluding carboxylic acids is 1. The van der Waals surface area contributed by atoms with Gasteiger partial charge in [0.15, 0.2) is 23.1 Å². The average Bonchev–Trinajstić information content (AvgIpc) is 3.50. The Labute approximate surface area is 264 Å². The van der Waals surface area contributed by atoms with Crippen molar-refractivity contribution in [3.05, 3.63) is 60.6 Å². The number of benzene rings is 2. The van der Waals surface area contributed by atoms with Crippen molar-refractivity contribution >= 4 is 37.2 Å². The summed E-state index contributed by atoms with van der Waals surface area (Å²) in [5.74, 6) is 1.48. The number of hydrogen-bond donors (Lipinski definition) is 1. The van der Waals surface area contributed by atoms with E-state index in [0.717, 1.165) is 6.04 Å². The predicted molar refractivity (Wildman–Crippen MR) is 167 cm³/mol. The molecule has 2 aliphatic rings. The lowest BCUT2D eigenvalue weighted by Gasteiger charge is -2.36. The van der Waals surface area contributed by atoms with E-state index in [4.69, 9.17) is 14.2 Å². The highest BCUT2D eigenvalue weighted by atomic mass is 28.3. The third kappa shape index (κ3) is 7.23. The summed E-state index contributed by atoms with van der Waals surface area (Å²) < 4.78 is 57.5. The van der Waals surface area contributed by atoms with Crippen LogP contribution in [0, 0.1) is 0 Å². The van der Waals surface area contributed by atoms with Crippen LogP contribution in [0.4, 0.5) is 41.1 Å². The molecule has 0 fully saturated rings. The Morgan fingerprint density at radius 1 is 1.00 bits per heavy atom. The molecule has 0 aliphatic carbocycles. The maximum absolute atomic E-state index is 14.1. The molecule has 4 heterocycles. The summed E-state index contributed by atoms with van der Waals surface area (Å²) >= 11 is 0. The minimum Gasteiger partial charge on any atom is -0.486 e. The molecule has 0 spiro atoms. The molecule has 4 aromatic rings. The van der Waals surface area contributed by atoms with Crippen molar-refractivity contribution in [1.82, 2.24) is 24.7 Å². The van der Waals surface area contributed by atoms with Crippen LogP contribution in [0.15, 0.2) is 55.0 Å². The van der Waals surface area contributed by atoms with Crippen LogP contribution in [0.25, 0.3) is 11.4 Å². The van der Waals surface area contributed by atoms with Crippen LogP contribution in [0.1, 0.15) is 5.56 Å². The molecule has 2 aromatic carbocycles. The second-order valence-corrected chi connectivity index (χ2v) is 17.7. The van der Waals surface area contributed by atoms with Crippen LogP contribution in [-0.4, -0.2) is 71.4 Å². The van der Waals surface area contributed by atoms with Crippen LogP contribution in [0.5, 0.6) is 11.5 Å². The average molecular weight is 655 g/mol. The summed E-state index contributed by atoms with van der Waals surface area (Å²) in [6, 6.07) is 12.7. The Kier molecular flexibility index (Phi) is 8.56. The first kappa shape index (κ1) is 31.3. The van der Waals surface area contributed by atoms with Gasteiger partial charge in [0.2, 0.25) is 5.95 Å². The maximum atomic E-state index is 14.1. The number of ether oxygens (including phenoxy) is 3. The number of anilines is 4. The summed E-state index contributed by atoms with van der Waals surface area (Å²) in [6.45, 7) is 7.38. The summed E-state index contributed by atoms with van der Waals surface area (Å²) in [6.07, 6.45) is -1.46. The van der Waals surface area contributed by atoms with Gasteiger partial charge < -0.3 is 19.5 Å². The number of fused-ring (bicyclic) bond motifs is 2. The smallest absolute Gasteiger partial charge is 0.405 e. The fraction of sp³-hybridized carbons (Fsp3) is 0.367. The number of alkyl halides is 3. The van der Waals surface area contributed by atoms with E-state index in [0.29, 0.717) is 59.6 Å². The van der Waals surface area contributed by atoms with Crippen molar-refractivity contribution in [2.75, 3.05) is 41.5 Å². The van der Waals surface area contributed by atoms with E-state index < -0.39 is 26.8 Å². The minimum absolute atomic E-state index is 0.0866. The van der Waals surface area contributed by atoms with E-state index in [-0.39, 0.29) is 25.0 Å². The molecule has 16 heteroatoms. The highest BCUT2D eigenvalue weighted by Gasteiger charge is 2.35. The largest absolute Gasteiger partial charge is 0.486 e. The SMILES string of the molecule is C[Si](C)(C)CCOCn1cnc(-c2ccc(N3C(=O)N(c4ccc5c(c4)OCCO5)Cc4cnc(NCC(F)(F)F)nc43)cc2)n1. The molecule has 12 nitrogen and oxygen atoms in total. The summed E-state index contributed by atoms with van der Waals surface area (Å²) in [5, 5.41) is 6.71. The zero-order valence-electron chi connectivity index (χ0n) is 25.5. The molecule has 0 saturated carbocycles. The molecule has 0 radical (unpaired) electrons. The number of nitrogens with zero attached hydrogens (tertiary/aromatic N) is 7. The first-order valence-electron chi connectivity index (χ1n) is 14.7. The van der Waals surface area contributed by atoms with E-state index in [2.05, 4.69) is 45.0 Å². The van der Waals surface area contributed by atoms with Crippen molar-refractivity contribution in [2.24, 2.45) is 0 Å². The van der Waals surface area contributed by atoms with E-state index >= 15 is 0 Å². The van der Waals surface area contributed by atoms with E-state index in [9.17, 15) is 18.0 Å². The normalized spacial score (nSPS) is 14.8. The van der Waals surface area contributed by atoms with Crippen LogP contribution in [0.2, 0.25) is 25.7 Å². The van der Waals surface area contributed by atoms with Gasteiger partial charge in [-0.3, -0.25) is 4.90 Å². The topological polar surface area (TPSA) is 120 Å². The number of amides is 2. The standard InChI is InChI=1S/C30H33F3N8O4Si/c1-46(2,3)13-12-43-19-39-18-36-26(38-39)20-4-6-22(7-5-20)41-27-21(15-34-28(37-27)35-17-30(31,32)33)16-40(29(41)42)23-8-9-24-25(14-23)45-11-10-44-24/h4-9,14-15,18H,10-13,16-17,19H2,1-3H3,(H,34,35,37). The molecular weight excluding hydrogens is 621 g/mol. The Hall–Kier alpha value is -4.70. The fourth-order valence-corrected chi connectivity index (χ4v) is 5.59. The van der Waals surface area contributed by atoms with Gasteiger partial charge in [0.25, 0.3) is 0 Å². The lowest BCUT2D eigenvalue weighted by molar-refractivity contribution is -0.115. The molecule has 46 heavy (non-hydrogen) atoms. The quantitative estimate of drug-likeness (QED) is 0.161. The third-order valence-corrected chi connectivity index (χ3v) is 8.93. The van der Waals surface area contributed by atoms with Crippen molar-refractivity contribution in [1.29, 1.82) is 0 Å². The second-order valence-electron chi connectivity index (χ2n) is 12.0. The molecule has 0 atom stereocenters. The first-order valence-corrected chi connectivity index (χ1v) is 18.4. The van der Waals surface area contributed by atoms with Gasteiger partial charge in [0, 0.05) is 43.8 Å². The lowest BCUT2D eigenvalue weighted by atomic mass is 10.1. The van der Waals surface area contributed by atoms with Crippen molar-refractivity contribution < 1.29 is 32.2 Å². The molecule has 0 saturated heterocycles. The molecule has 6 rings (SSSR count). The molecule has 2 aromatic heterocycles. The molecule has 242 valence electrons. The number of hydrogen-bond acceptors (Lipinski definition) is 9. The van der Waals surface area contributed by atoms with Gasteiger partial charge in [-0.15, -0.1) is 5.10 Å². The van der Waals surface area contributed by atoms with Crippen LogP contribution < -0.4 is 24.6 Å². The fourth-order valence-electron chi connectivity index (χ4n) is 4.84. The van der Waals surface area contributed by atoms with Gasteiger partial charge in [-0.05, 0) is 42.4 Å². The number of nitrogens with one attached hydrogen (secondary N) is 1. The molecule has 2 amide bonds. The Bertz CT molecular complexity index is 1710. The van der Waals surface area contributed by atoms with Crippen molar-refractivity contribution in [2.45, 2.75) is 45.1 Å². The second kappa shape index (κ2) is 12.6. The molecule has 1 N–H and O–H groups in total. The van der Waals surface area contributed by atoms with Gasteiger partial charge in [0.1, 0.15) is 32.8 Å². The van der Waals surface area contributed by atoms with Gasteiger partial charge in [0.05, 0.1) is 12.2 Å². The van der Waals surface area contributed by atoms with E-state index in [1.54, 1.807) is 53.5 Å². The number of halogens is 3. The zero-order valence-corrected chi connectivity index (χ0v) is 26.5. The first-order chi connectivity index (χ1) is 21.9. The highest BCUT2D eigenvalue weighted by Crippen LogP contribution is 2.40. The Balaban J connectivity index is 1.27. The summed E-state index contributed by atoms with van der Waals surface area (Å²) in [7, 11) is -1.20. The predicted octanol–water partition coefficient (Wildman–Crippen LogP) is 6.07. The molecule has 0 unspecified atom stereocenters. The minimum atomic E-state index is -4.47. The number of rotatable bonds is 10. The lowest BCUT2D eigenvalue weighted by Crippen LogP contribution is -2.45. The van der Waals surface area contributed by atoms with Crippen LogP contribution >= 0.6 is 0 Å². The molecule has 0 bridgehead atoms. The van der Waals surface area contributed by atoms with E-state index in [1.807, 2.05) is 0 Å². The van der Waals surface area contributed by atoms with Gasteiger partial charge in [-0.25, -0.2) is 24.3 Å². The number of aromatic nitrogens is 5. The highest BCUT2D eigenvalue weighted by molar-refractivity contribution is 6.76. The van der Waals surface area contributed by atoms with Gasteiger partial charge >= 0.3 is 12.2 Å². The zero-order chi connectivity index (χ0) is 32.5. The molecular formula is C30H33F3N8O4Si. The van der Waals surface area contributed by atoms with Crippen molar-refractivity contribution in [3.8, 4) is 22.9 Å². The number of urea groups is 1. The van der Waals surface area contributed by atoms with Crippen LogP contribution in [0.3, 0.4) is 0 Å². The Morgan fingerprint density at radius 3 is 2.48 bits per heavy atom. The summed E-state index contributed by atoms with van der Waals surface area (Å²) in [4.78, 5) is 29.8. The van der Waals surface area contributed by atoms with Gasteiger partial charge in [-0.1, -0.05) is 19.6 Å². The van der Waals surface area contributed by atoms with Crippen LogP contribution in [-0.2, 0) is 18.0 Å². The third-order valence-electron chi connectivity index (χ3n) is 7.23. The number of carbonyl (C=O) groups is 1. The Morgan fingerprint density at radius 2 is 1.74 bits per heavy atom. The maximum Gasteiger partial charge on any atom is 0.405 e. The van der Waals surface area contributed by atoms with E-state index in [1.165, 1.54) is 16.0 Å².